The molecular formula is C30H34FN3O4. The molecule has 8 heteroatoms. The van der Waals surface area contributed by atoms with E-state index in [1.807, 2.05) is 39.0 Å². The molecule has 38 heavy (non-hydrogen) atoms. The van der Waals surface area contributed by atoms with E-state index in [1.54, 1.807) is 36.1 Å². The number of amides is 1. The van der Waals surface area contributed by atoms with Crippen LogP contribution in [0, 0.1) is 11.7 Å². The van der Waals surface area contributed by atoms with Crippen LogP contribution in [0.15, 0.2) is 59.7 Å². The van der Waals surface area contributed by atoms with Crippen molar-refractivity contribution in [2.45, 2.75) is 52.7 Å². The number of benzene rings is 2. The van der Waals surface area contributed by atoms with Gasteiger partial charge in [0, 0.05) is 36.5 Å². The zero-order valence-corrected chi connectivity index (χ0v) is 22.7. The minimum atomic E-state index is -0.621. The summed E-state index contributed by atoms with van der Waals surface area (Å²) in [5.41, 5.74) is 1.42. The minimum Gasteiger partial charge on any atom is -0.491 e. The minimum absolute atomic E-state index is 0.162. The Morgan fingerprint density at radius 1 is 1.08 bits per heavy atom. The second-order valence-electron chi connectivity index (χ2n) is 10.9. The zero-order chi connectivity index (χ0) is 27.6. The summed E-state index contributed by atoms with van der Waals surface area (Å²) >= 11 is 0. The summed E-state index contributed by atoms with van der Waals surface area (Å²) < 4.78 is 27.1. The molecule has 4 rings (SSSR count). The van der Waals surface area contributed by atoms with E-state index in [9.17, 15) is 14.0 Å². The number of carbonyl (C=O) groups is 1. The second kappa shape index (κ2) is 10.8. The normalized spacial score (nSPS) is 12.6. The van der Waals surface area contributed by atoms with Crippen LogP contribution in [0.3, 0.4) is 0 Å². The summed E-state index contributed by atoms with van der Waals surface area (Å²) in [4.78, 5) is 29.7. The van der Waals surface area contributed by atoms with Crippen LogP contribution < -0.4 is 15.6 Å². The number of rotatable bonds is 7. The Hall–Kier alpha value is -3.94. The summed E-state index contributed by atoms with van der Waals surface area (Å²) in [6.45, 7) is 9.76. The average molecular weight is 520 g/mol. The predicted molar refractivity (Wildman–Crippen MR) is 148 cm³/mol. The highest BCUT2D eigenvalue weighted by Gasteiger charge is 2.22. The molecule has 0 radical (unpaired) electrons. The van der Waals surface area contributed by atoms with Crippen LogP contribution in [0.5, 0.6) is 5.75 Å². The number of ether oxygens (including phenoxy) is 2. The number of nitrogens with zero attached hydrogens (tertiary/aromatic N) is 2. The largest absolute Gasteiger partial charge is 0.491 e. The third-order valence-corrected chi connectivity index (χ3v) is 6.18. The highest BCUT2D eigenvalue weighted by atomic mass is 19.1. The number of aromatic nitrogens is 2. The maximum absolute atomic E-state index is 13.7. The van der Waals surface area contributed by atoms with Crippen molar-refractivity contribution in [2.75, 3.05) is 6.61 Å². The number of aryl methyl sites for hydroxylation is 1. The molecule has 7 nitrogen and oxygen atoms in total. The van der Waals surface area contributed by atoms with E-state index < -0.39 is 11.7 Å². The Balaban J connectivity index is 1.78. The van der Waals surface area contributed by atoms with E-state index in [2.05, 4.69) is 24.1 Å². The molecule has 1 amide bonds. The standard InChI is InChI=1S/C30H34FN3O4/c1-18(2)13-21(33-29(36)38-30(3,4)5)17-37-27-15-26-24(14-23(27)19-7-9-20(31)10-8-19)22-11-12-32-16-25(22)28(35)34(26)6/h7-12,14-16,18,21H,13,17H2,1-6H3,(H,33,36). The van der Waals surface area contributed by atoms with Gasteiger partial charge in [-0.05, 0) is 68.3 Å². The van der Waals surface area contributed by atoms with E-state index in [0.29, 0.717) is 29.0 Å². The van der Waals surface area contributed by atoms with E-state index in [4.69, 9.17) is 9.47 Å². The highest BCUT2D eigenvalue weighted by Crippen LogP contribution is 2.36. The summed E-state index contributed by atoms with van der Waals surface area (Å²) in [6, 6.07) is 11.5. The average Bonchev–Trinajstić information content (AvgIpc) is 2.84. The number of hydrogen-bond donors (Lipinski definition) is 1. The molecule has 0 aliphatic rings. The van der Waals surface area contributed by atoms with Crippen LogP contribution in [0.1, 0.15) is 41.0 Å². The lowest BCUT2D eigenvalue weighted by atomic mass is 9.99. The topological polar surface area (TPSA) is 82.5 Å². The van der Waals surface area contributed by atoms with Gasteiger partial charge in [-0.1, -0.05) is 26.0 Å². The number of hydrogen-bond acceptors (Lipinski definition) is 5. The van der Waals surface area contributed by atoms with Crippen molar-refractivity contribution in [2.24, 2.45) is 13.0 Å². The van der Waals surface area contributed by atoms with Gasteiger partial charge in [0.15, 0.2) is 0 Å². The summed E-state index contributed by atoms with van der Waals surface area (Å²) in [5, 5.41) is 5.06. The molecule has 200 valence electrons. The van der Waals surface area contributed by atoms with Crippen molar-refractivity contribution < 1.29 is 18.7 Å². The van der Waals surface area contributed by atoms with Crippen LogP contribution in [0.2, 0.25) is 0 Å². The lowest BCUT2D eigenvalue weighted by Crippen LogP contribution is -2.42. The molecule has 0 spiro atoms. The van der Waals surface area contributed by atoms with Crippen molar-refractivity contribution in [1.29, 1.82) is 0 Å². The molecule has 2 aromatic carbocycles. The maximum Gasteiger partial charge on any atom is 0.407 e. The molecule has 4 aromatic rings. The molecule has 0 bridgehead atoms. The Morgan fingerprint density at radius 2 is 1.79 bits per heavy atom. The van der Waals surface area contributed by atoms with Gasteiger partial charge in [0.2, 0.25) is 0 Å². The summed E-state index contributed by atoms with van der Waals surface area (Å²) in [5.74, 6) is 0.481. The zero-order valence-electron chi connectivity index (χ0n) is 22.7. The monoisotopic (exact) mass is 519 g/mol. The van der Waals surface area contributed by atoms with E-state index in [-0.39, 0.29) is 24.0 Å². The molecule has 0 saturated carbocycles. The fraction of sp³-hybridized carbons (Fsp3) is 0.367. The molecule has 0 fully saturated rings. The number of carbonyl (C=O) groups excluding carboxylic acids is 1. The van der Waals surface area contributed by atoms with Gasteiger partial charge in [-0.2, -0.15) is 0 Å². The molecule has 1 unspecified atom stereocenters. The number of pyridine rings is 2. The quantitative estimate of drug-likeness (QED) is 0.294. The first-order chi connectivity index (χ1) is 17.9. The molecule has 0 aliphatic carbocycles. The van der Waals surface area contributed by atoms with E-state index >= 15 is 0 Å². The van der Waals surface area contributed by atoms with Crippen LogP contribution in [-0.4, -0.2) is 33.9 Å². The molecule has 0 aliphatic heterocycles. The number of fused-ring (bicyclic) bond motifs is 3. The highest BCUT2D eigenvalue weighted by molar-refractivity contribution is 6.07. The first-order valence-electron chi connectivity index (χ1n) is 12.7. The van der Waals surface area contributed by atoms with Crippen LogP contribution in [-0.2, 0) is 11.8 Å². The van der Waals surface area contributed by atoms with Gasteiger partial charge in [-0.15, -0.1) is 0 Å². The van der Waals surface area contributed by atoms with E-state index in [1.165, 1.54) is 12.1 Å². The SMILES string of the molecule is CC(C)CC(COc1cc2c(cc1-c1ccc(F)cc1)c1ccncc1c(=O)n2C)NC(=O)OC(C)(C)C. The summed E-state index contributed by atoms with van der Waals surface area (Å²) in [7, 11) is 1.71. The fourth-order valence-electron chi connectivity index (χ4n) is 4.53. The molecule has 1 N–H and O–H groups in total. The van der Waals surface area contributed by atoms with Crippen molar-refractivity contribution in [3.05, 3.63) is 71.0 Å². The third kappa shape index (κ3) is 6.13. The predicted octanol–water partition coefficient (Wildman–Crippen LogP) is 6.21. The van der Waals surface area contributed by atoms with Crippen LogP contribution in [0.25, 0.3) is 32.8 Å². The molecule has 0 saturated heterocycles. The first kappa shape index (κ1) is 27.1. The Labute approximate surface area is 221 Å². The Morgan fingerprint density at radius 3 is 2.45 bits per heavy atom. The molecule has 1 atom stereocenters. The van der Waals surface area contributed by atoms with Gasteiger partial charge in [0.1, 0.15) is 23.8 Å². The number of alkyl carbamates (subject to hydrolysis) is 1. The Kier molecular flexibility index (Phi) is 7.71. The van der Waals surface area contributed by atoms with Crippen molar-refractivity contribution >= 4 is 27.8 Å². The van der Waals surface area contributed by atoms with Crippen molar-refractivity contribution in [1.82, 2.24) is 14.9 Å². The molecule has 2 aromatic heterocycles. The third-order valence-electron chi connectivity index (χ3n) is 6.18. The molecule has 2 heterocycles. The molecular weight excluding hydrogens is 485 g/mol. The lowest BCUT2D eigenvalue weighted by Gasteiger charge is -2.25. The second-order valence-corrected chi connectivity index (χ2v) is 10.9. The fourth-order valence-corrected chi connectivity index (χ4v) is 4.53. The first-order valence-corrected chi connectivity index (χ1v) is 12.7. The van der Waals surface area contributed by atoms with Gasteiger partial charge in [-0.3, -0.25) is 9.78 Å². The van der Waals surface area contributed by atoms with Crippen LogP contribution >= 0.6 is 0 Å². The van der Waals surface area contributed by atoms with E-state index in [0.717, 1.165) is 21.9 Å². The van der Waals surface area contributed by atoms with Gasteiger partial charge < -0.3 is 19.4 Å². The van der Waals surface area contributed by atoms with Gasteiger partial charge in [0.05, 0.1) is 16.9 Å². The maximum atomic E-state index is 13.7. The smallest absolute Gasteiger partial charge is 0.407 e. The van der Waals surface area contributed by atoms with Gasteiger partial charge in [0.25, 0.3) is 5.56 Å². The van der Waals surface area contributed by atoms with Crippen molar-refractivity contribution in [3.8, 4) is 16.9 Å². The number of halogens is 1. The summed E-state index contributed by atoms with van der Waals surface area (Å²) in [6.07, 6.45) is 3.39. The lowest BCUT2D eigenvalue weighted by molar-refractivity contribution is 0.0480. The van der Waals surface area contributed by atoms with Gasteiger partial charge in [-0.25, -0.2) is 9.18 Å². The Bertz CT molecular complexity index is 1520. The van der Waals surface area contributed by atoms with Crippen LogP contribution in [0.4, 0.5) is 9.18 Å². The number of nitrogens with one attached hydrogen (secondary N) is 1. The van der Waals surface area contributed by atoms with Gasteiger partial charge >= 0.3 is 6.09 Å². The van der Waals surface area contributed by atoms with Crippen molar-refractivity contribution in [3.63, 3.8) is 0 Å².